The fourth-order valence-electron chi connectivity index (χ4n) is 3.56. The van der Waals surface area contributed by atoms with Crippen molar-refractivity contribution in [3.8, 4) is 11.5 Å². The van der Waals surface area contributed by atoms with Crippen molar-refractivity contribution in [2.45, 2.75) is 72.6 Å². The number of likely N-dealkylation sites (N-methyl/N-ethyl adjacent to an activating group) is 2. The number of hydrogen-bond donors (Lipinski definition) is 2. The van der Waals surface area contributed by atoms with Crippen molar-refractivity contribution in [3.05, 3.63) is 46.1 Å². The van der Waals surface area contributed by atoms with E-state index in [1.165, 1.54) is 11.1 Å². The Bertz CT molecular complexity index is 806. The van der Waals surface area contributed by atoms with Crippen LogP contribution < -0.4 is 0 Å². The third-order valence-corrected chi connectivity index (χ3v) is 5.70. The minimum Gasteiger partial charge on any atom is -0.508 e. The van der Waals surface area contributed by atoms with Crippen LogP contribution in [0.3, 0.4) is 0 Å². The number of benzene rings is 1. The van der Waals surface area contributed by atoms with Crippen LogP contribution in [0.5, 0.6) is 11.5 Å². The zero-order valence-electron chi connectivity index (χ0n) is 21.3. The minimum atomic E-state index is -0.193. The lowest BCUT2D eigenvalue weighted by molar-refractivity contribution is 0.0782. The van der Waals surface area contributed by atoms with Gasteiger partial charge in [-0.15, -0.1) is 0 Å². The summed E-state index contributed by atoms with van der Waals surface area (Å²) < 4.78 is 0. The van der Waals surface area contributed by atoms with E-state index in [0.29, 0.717) is 30.5 Å². The largest absolute Gasteiger partial charge is 0.508 e. The Morgan fingerprint density at radius 3 is 2.31 bits per heavy atom. The van der Waals surface area contributed by atoms with Crippen molar-refractivity contribution in [3.63, 3.8) is 0 Å². The number of phenols is 2. The first-order valence-corrected chi connectivity index (χ1v) is 11.8. The Morgan fingerprint density at radius 2 is 1.72 bits per heavy atom. The van der Waals surface area contributed by atoms with E-state index < -0.39 is 0 Å². The molecule has 5 nitrogen and oxygen atoms in total. The van der Waals surface area contributed by atoms with Crippen molar-refractivity contribution >= 4 is 5.91 Å². The average Bonchev–Trinajstić information content (AvgIpc) is 2.71. The van der Waals surface area contributed by atoms with Gasteiger partial charge in [-0.3, -0.25) is 4.79 Å². The molecule has 32 heavy (non-hydrogen) atoms. The summed E-state index contributed by atoms with van der Waals surface area (Å²) in [7, 11) is 5.70. The molecule has 1 amide bonds. The van der Waals surface area contributed by atoms with Crippen LogP contribution in [0.25, 0.3) is 0 Å². The monoisotopic (exact) mass is 444 g/mol. The van der Waals surface area contributed by atoms with E-state index in [4.69, 9.17) is 0 Å². The molecule has 0 spiro atoms. The zero-order chi connectivity index (χ0) is 24.3. The van der Waals surface area contributed by atoms with E-state index in [-0.39, 0.29) is 17.4 Å². The van der Waals surface area contributed by atoms with Crippen LogP contribution in [-0.4, -0.2) is 60.2 Å². The molecule has 0 aliphatic rings. The number of unbranched alkanes of at least 4 members (excludes halogenated alkanes) is 2. The van der Waals surface area contributed by atoms with Gasteiger partial charge in [-0.25, -0.2) is 0 Å². The highest BCUT2D eigenvalue weighted by Crippen LogP contribution is 2.36. The molecular weight excluding hydrogens is 400 g/mol. The Balaban J connectivity index is 3.23. The Hall–Kier alpha value is -2.27. The van der Waals surface area contributed by atoms with Gasteiger partial charge >= 0.3 is 0 Å². The van der Waals surface area contributed by atoms with Gasteiger partial charge in [0, 0.05) is 25.7 Å². The predicted octanol–water partition coefficient (Wildman–Crippen LogP) is 5.70. The first kappa shape index (κ1) is 27.8. The van der Waals surface area contributed by atoms with Crippen LogP contribution in [0, 0.1) is 0 Å². The number of amides is 1. The molecule has 0 aliphatic carbocycles. The van der Waals surface area contributed by atoms with Crippen LogP contribution in [0.2, 0.25) is 0 Å². The number of allylic oxidation sites excluding steroid dienone is 4. The number of aryl methyl sites for hydroxylation is 1. The summed E-state index contributed by atoms with van der Waals surface area (Å²) >= 11 is 0. The highest BCUT2D eigenvalue weighted by atomic mass is 16.3. The number of phenolic OH excluding ortho intramolecular Hbond substituents is 2. The van der Waals surface area contributed by atoms with E-state index in [1.54, 1.807) is 18.0 Å². The molecule has 0 fully saturated rings. The standard InChI is InChI=1S/C27H44N2O3/c1-8-9-10-14-22-19-24(30)23(16-15-21(4)13-11-12-20(2)3)26(31)25(22)27(32)29(7)18-17-28(5)6/h12,15,19,30-31H,8-11,13-14,16-18H2,1-7H3/b21-15+. The number of hydrogen-bond acceptors (Lipinski definition) is 4. The van der Waals surface area contributed by atoms with Gasteiger partial charge in [-0.05, 0) is 78.6 Å². The maximum atomic E-state index is 13.3. The minimum absolute atomic E-state index is 0.0647. The lowest BCUT2D eigenvalue weighted by Gasteiger charge is -2.23. The van der Waals surface area contributed by atoms with E-state index in [9.17, 15) is 15.0 Å². The molecule has 1 aromatic carbocycles. The van der Waals surface area contributed by atoms with Gasteiger partial charge in [0.25, 0.3) is 5.91 Å². The van der Waals surface area contributed by atoms with Gasteiger partial charge in [-0.1, -0.05) is 43.1 Å². The second kappa shape index (κ2) is 14.0. The lowest BCUT2D eigenvalue weighted by Crippen LogP contribution is -2.34. The first-order chi connectivity index (χ1) is 15.1. The summed E-state index contributed by atoms with van der Waals surface area (Å²) in [6.07, 6.45) is 10.2. The smallest absolute Gasteiger partial charge is 0.257 e. The first-order valence-electron chi connectivity index (χ1n) is 11.8. The predicted molar refractivity (Wildman–Crippen MR) is 135 cm³/mol. The third kappa shape index (κ3) is 9.07. The molecule has 1 aromatic rings. The van der Waals surface area contributed by atoms with Gasteiger partial charge in [-0.2, -0.15) is 0 Å². The maximum Gasteiger partial charge on any atom is 0.257 e. The zero-order valence-corrected chi connectivity index (χ0v) is 21.3. The van der Waals surface area contributed by atoms with Crippen LogP contribution in [0.4, 0.5) is 0 Å². The number of rotatable bonds is 13. The third-order valence-electron chi connectivity index (χ3n) is 5.70. The van der Waals surface area contributed by atoms with E-state index in [0.717, 1.165) is 44.2 Å². The Labute approximate surface area is 195 Å². The molecule has 0 heterocycles. The summed E-state index contributed by atoms with van der Waals surface area (Å²) in [4.78, 5) is 17.0. The van der Waals surface area contributed by atoms with Crippen molar-refractivity contribution in [1.29, 1.82) is 0 Å². The lowest BCUT2D eigenvalue weighted by atomic mass is 9.94. The molecule has 1 rings (SSSR count). The van der Waals surface area contributed by atoms with Crippen LogP contribution in [-0.2, 0) is 12.8 Å². The SMILES string of the molecule is CCCCCc1cc(O)c(C/C=C(\C)CCC=C(C)C)c(O)c1C(=O)N(C)CCN(C)C. The van der Waals surface area contributed by atoms with Gasteiger partial charge in [0.15, 0.2) is 0 Å². The highest BCUT2D eigenvalue weighted by molar-refractivity contribution is 5.99. The average molecular weight is 445 g/mol. The molecule has 0 saturated carbocycles. The Kier molecular flexibility index (Phi) is 12.1. The van der Waals surface area contributed by atoms with Gasteiger partial charge in [0.1, 0.15) is 11.5 Å². The molecule has 0 unspecified atom stereocenters. The summed E-state index contributed by atoms with van der Waals surface area (Å²) in [6, 6.07) is 1.68. The van der Waals surface area contributed by atoms with Crippen molar-refractivity contribution in [2.24, 2.45) is 0 Å². The normalized spacial score (nSPS) is 11.7. The summed E-state index contributed by atoms with van der Waals surface area (Å²) in [5, 5.41) is 21.8. The Morgan fingerprint density at radius 1 is 1.03 bits per heavy atom. The number of carbonyl (C=O) groups excluding carboxylic acids is 1. The van der Waals surface area contributed by atoms with Crippen LogP contribution >= 0.6 is 0 Å². The number of carbonyl (C=O) groups is 1. The topological polar surface area (TPSA) is 64.0 Å². The molecule has 5 heteroatoms. The summed E-state index contributed by atoms with van der Waals surface area (Å²) in [6.45, 7) is 9.68. The van der Waals surface area contributed by atoms with E-state index in [2.05, 4.69) is 33.8 Å². The summed E-state index contributed by atoms with van der Waals surface area (Å²) in [5.74, 6) is -0.206. The quantitative estimate of drug-likeness (QED) is 0.303. The molecule has 0 atom stereocenters. The van der Waals surface area contributed by atoms with Crippen molar-refractivity contribution in [2.75, 3.05) is 34.2 Å². The molecule has 0 radical (unpaired) electrons. The fraction of sp³-hybridized carbons (Fsp3) is 0.593. The maximum absolute atomic E-state index is 13.3. The summed E-state index contributed by atoms with van der Waals surface area (Å²) in [5.41, 5.74) is 3.99. The fourth-order valence-corrected chi connectivity index (χ4v) is 3.56. The van der Waals surface area contributed by atoms with Crippen LogP contribution in [0.1, 0.15) is 81.3 Å². The van der Waals surface area contributed by atoms with E-state index in [1.807, 2.05) is 25.1 Å². The molecule has 0 aromatic heterocycles. The second-order valence-electron chi connectivity index (χ2n) is 9.32. The van der Waals surface area contributed by atoms with Crippen molar-refractivity contribution < 1.29 is 15.0 Å². The van der Waals surface area contributed by atoms with E-state index >= 15 is 0 Å². The highest BCUT2D eigenvalue weighted by Gasteiger charge is 2.24. The van der Waals surface area contributed by atoms with Crippen molar-refractivity contribution in [1.82, 2.24) is 9.80 Å². The molecule has 0 bridgehead atoms. The van der Waals surface area contributed by atoms with Gasteiger partial charge in [0.05, 0.1) is 5.56 Å². The number of nitrogens with zero attached hydrogens (tertiary/aromatic N) is 2. The molecule has 180 valence electrons. The molecule has 0 aliphatic heterocycles. The van der Waals surface area contributed by atoms with Gasteiger partial charge < -0.3 is 20.0 Å². The molecule has 2 N–H and O–H groups in total. The molecule has 0 saturated heterocycles. The second-order valence-corrected chi connectivity index (χ2v) is 9.32. The van der Waals surface area contributed by atoms with Gasteiger partial charge in [0.2, 0.25) is 0 Å². The molecular formula is C27H44N2O3. The number of aromatic hydroxyl groups is 2. The van der Waals surface area contributed by atoms with Crippen LogP contribution in [0.15, 0.2) is 29.4 Å².